The van der Waals surface area contributed by atoms with Gasteiger partial charge in [0.05, 0.1) is 16.3 Å². The lowest BCUT2D eigenvalue weighted by Gasteiger charge is -2.49. The Morgan fingerprint density at radius 3 is 2.53 bits per heavy atom. The molecule has 1 amide bonds. The molecule has 34 heavy (non-hydrogen) atoms. The molecule has 1 aliphatic rings. The summed E-state index contributed by atoms with van der Waals surface area (Å²) in [4.78, 5) is 19.8. The highest BCUT2D eigenvalue weighted by atomic mass is 35.5. The predicted octanol–water partition coefficient (Wildman–Crippen LogP) is 3.59. The number of carbonyl (C=O) groups is 1. The molecule has 0 bridgehead atoms. The summed E-state index contributed by atoms with van der Waals surface area (Å²) < 4.78 is 78.0. The van der Waals surface area contributed by atoms with E-state index in [1.807, 2.05) is 0 Å². The third-order valence-electron chi connectivity index (χ3n) is 5.42. The van der Waals surface area contributed by atoms with Crippen LogP contribution in [-0.2, 0) is 20.8 Å². The summed E-state index contributed by atoms with van der Waals surface area (Å²) in [6, 6.07) is 4.53. The third kappa shape index (κ3) is 5.10. The zero-order valence-corrected chi connectivity index (χ0v) is 19.8. The topological polar surface area (TPSA) is 94.4 Å². The first-order valence-electron chi connectivity index (χ1n) is 9.80. The number of aryl methyl sites for hydroxylation is 1. The molecule has 0 radical (unpaired) electrons. The number of likely N-dealkylation sites (N-methyl/N-ethyl adjacent to an activating group) is 1. The van der Waals surface area contributed by atoms with Crippen LogP contribution in [0.4, 0.5) is 29.1 Å². The highest BCUT2D eigenvalue weighted by Crippen LogP contribution is 2.40. The maximum atomic E-state index is 13.6. The van der Waals surface area contributed by atoms with Crippen LogP contribution in [0.3, 0.4) is 0 Å². The fourth-order valence-electron chi connectivity index (χ4n) is 3.89. The number of carbonyl (C=O) groups excluding carboxylic acids is 1. The Hall–Kier alpha value is -2.91. The minimum atomic E-state index is -4.84. The molecule has 3 rings (SSSR count). The molecule has 1 aromatic heterocycles. The van der Waals surface area contributed by atoms with Crippen LogP contribution in [0.15, 0.2) is 24.3 Å². The van der Waals surface area contributed by atoms with Crippen LogP contribution in [0, 0.1) is 30.0 Å². The van der Waals surface area contributed by atoms with Crippen molar-refractivity contribution in [2.75, 3.05) is 35.4 Å². The van der Waals surface area contributed by atoms with Gasteiger partial charge in [0.1, 0.15) is 39.1 Å². The van der Waals surface area contributed by atoms with E-state index < -0.39 is 56.6 Å². The first-order chi connectivity index (χ1) is 15.6. The minimum absolute atomic E-state index is 0.0299. The van der Waals surface area contributed by atoms with E-state index in [9.17, 15) is 36.0 Å². The van der Waals surface area contributed by atoms with Crippen molar-refractivity contribution in [3.63, 3.8) is 0 Å². The SMILES string of the molecule is Cc1cc(C(F)(F)F)c(C#N)c(N2C[C@@H](CS(C)(=O)=O)[C@H]2C(=O)N(C)c2ccc(F)c(Cl)c2)n1. The number of pyridine rings is 1. The summed E-state index contributed by atoms with van der Waals surface area (Å²) in [5, 5.41) is 9.23. The number of sulfone groups is 1. The summed E-state index contributed by atoms with van der Waals surface area (Å²) >= 11 is 5.79. The van der Waals surface area contributed by atoms with Gasteiger partial charge in [-0.15, -0.1) is 0 Å². The zero-order valence-electron chi connectivity index (χ0n) is 18.2. The molecule has 1 fully saturated rings. The van der Waals surface area contributed by atoms with Crippen LogP contribution in [0.25, 0.3) is 0 Å². The van der Waals surface area contributed by atoms with E-state index in [0.717, 1.165) is 23.3 Å². The Balaban J connectivity index is 2.08. The number of nitriles is 1. The largest absolute Gasteiger partial charge is 0.417 e. The Morgan fingerprint density at radius 2 is 2.00 bits per heavy atom. The van der Waals surface area contributed by atoms with Gasteiger partial charge < -0.3 is 9.80 Å². The predicted molar refractivity (Wildman–Crippen MR) is 118 cm³/mol. The Bertz CT molecular complexity index is 1290. The first kappa shape index (κ1) is 25.7. The second-order valence-electron chi connectivity index (χ2n) is 8.06. The van der Waals surface area contributed by atoms with E-state index in [2.05, 4.69) is 4.98 Å². The molecule has 1 aliphatic heterocycles. The number of halogens is 5. The molecule has 1 aromatic carbocycles. The number of benzene rings is 1. The molecule has 13 heteroatoms. The molecule has 0 spiro atoms. The number of alkyl halides is 3. The fraction of sp³-hybridized carbons (Fsp3) is 0.381. The number of aromatic nitrogens is 1. The van der Waals surface area contributed by atoms with E-state index in [0.29, 0.717) is 0 Å². The van der Waals surface area contributed by atoms with Crippen LogP contribution in [0.5, 0.6) is 0 Å². The highest BCUT2D eigenvalue weighted by Gasteiger charge is 2.49. The van der Waals surface area contributed by atoms with Gasteiger partial charge in [-0.2, -0.15) is 18.4 Å². The first-order valence-corrected chi connectivity index (χ1v) is 12.2. The Morgan fingerprint density at radius 1 is 1.35 bits per heavy atom. The van der Waals surface area contributed by atoms with Crippen LogP contribution >= 0.6 is 11.6 Å². The number of hydrogen-bond donors (Lipinski definition) is 0. The van der Waals surface area contributed by atoms with Gasteiger partial charge in [-0.25, -0.2) is 17.8 Å². The Labute approximate surface area is 198 Å². The smallest absolute Gasteiger partial charge is 0.343 e. The van der Waals surface area contributed by atoms with Gasteiger partial charge in [0, 0.05) is 37.1 Å². The molecule has 182 valence electrons. The van der Waals surface area contributed by atoms with E-state index in [1.165, 1.54) is 37.1 Å². The van der Waals surface area contributed by atoms with Gasteiger partial charge >= 0.3 is 6.18 Å². The molecular formula is C21H19ClF4N4O3S. The lowest BCUT2D eigenvalue weighted by molar-refractivity contribution is -0.137. The summed E-state index contributed by atoms with van der Waals surface area (Å²) in [5.74, 6) is -2.93. The van der Waals surface area contributed by atoms with Gasteiger partial charge in [0.2, 0.25) is 5.91 Å². The highest BCUT2D eigenvalue weighted by molar-refractivity contribution is 7.90. The van der Waals surface area contributed by atoms with Crippen LogP contribution in [0.2, 0.25) is 5.02 Å². The molecule has 2 atom stereocenters. The van der Waals surface area contributed by atoms with Crippen molar-refractivity contribution in [1.82, 2.24) is 4.98 Å². The van der Waals surface area contributed by atoms with Crippen molar-refractivity contribution in [2.45, 2.75) is 19.1 Å². The molecule has 7 nitrogen and oxygen atoms in total. The van der Waals surface area contributed by atoms with Gasteiger partial charge in [-0.3, -0.25) is 4.79 Å². The summed E-state index contributed by atoms with van der Waals surface area (Å²) in [6.07, 6.45) is -3.86. The van der Waals surface area contributed by atoms with Gasteiger partial charge in [-0.05, 0) is 31.2 Å². The van der Waals surface area contributed by atoms with E-state index in [4.69, 9.17) is 11.6 Å². The molecule has 1 saturated heterocycles. The van der Waals surface area contributed by atoms with Crippen LogP contribution in [0.1, 0.15) is 16.8 Å². The summed E-state index contributed by atoms with van der Waals surface area (Å²) in [7, 11) is -2.20. The lowest BCUT2D eigenvalue weighted by Crippen LogP contribution is -2.65. The molecular weight excluding hydrogens is 500 g/mol. The molecule has 0 aliphatic carbocycles. The number of nitrogens with zero attached hydrogens (tertiary/aromatic N) is 4. The molecule has 0 unspecified atom stereocenters. The second kappa shape index (κ2) is 9.03. The maximum Gasteiger partial charge on any atom is 0.417 e. The summed E-state index contributed by atoms with van der Waals surface area (Å²) in [6.45, 7) is 1.21. The number of hydrogen-bond acceptors (Lipinski definition) is 6. The van der Waals surface area contributed by atoms with Crippen molar-refractivity contribution < 1.29 is 30.8 Å². The third-order valence-corrected chi connectivity index (χ3v) is 6.75. The van der Waals surface area contributed by atoms with E-state index in [-0.39, 0.29) is 28.8 Å². The number of anilines is 2. The normalized spacial score (nSPS) is 18.3. The quantitative estimate of drug-likeness (QED) is 0.562. The van der Waals surface area contributed by atoms with E-state index >= 15 is 0 Å². The van der Waals surface area contributed by atoms with Gasteiger partial charge in [0.25, 0.3) is 0 Å². The Kier molecular flexibility index (Phi) is 6.83. The van der Waals surface area contributed by atoms with Gasteiger partial charge in [-0.1, -0.05) is 11.6 Å². The van der Waals surface area contributed by atoms with Crippen molar-refractivity contribution in [1.29, 1.82) is 5.26 Å². The van der Waals surface area contributed by atoms with Crippen molar-refractivity contribution in [2.24, 2.45) is 5.92 Å². The molecule has 0 N–H and O–H groups in total. The second-order valence-corrected chi connectivity index (χ2v) is 10.7. The zero-order chi connectivity index (χ0) is 25.6. The minimum Gasteiger partial charge on any atom is -0.343 e. The van der Waals surface area contributed by atoms with Gasteiger partial charge in [0.15, 0.2) is 0 Å². The number of rotatable bonds is 5. The van der Waals surface area contributed by atoms with Crippen LogP contribution < -0.4 is 9.80 Å². The molecule has 2 heterocycles. The number of amides is 1. The molecule has 2 aromatic rings. The van der Waals surface area contributed by atoms with Crippen molar-refractivity contribution in [3.8, 4) is 6.07 Å². The lowest BCUT2D eigenvalue weighted by atomic mass is 9.87. The van der Waals surface area contributed by atoms with Crippen LogP contribution in [-0.4, -0.2) is 51.0 Å². The standard InChI is InChI=1S/C21H19ClF4N4O3S/c1-11-6-15(21(24,25)26)14(8-27)19(28-11)30-9-12(10-34(3,32)33)18(30)20(31)29(2)13-4-5-17(23)16(22)7-13/h4-7,12,18H,9-10H2,1-3H3/t12-,18-/m0/s1. The average molecular weight is 519 g/mol. The molecule has 0 saturated carbocycles. The maximum absolute atomic E-state index is 13.6. The summed E-state index contributed by atoms with van der Waals surface area (Å²) in [5.41, 5.74) is -1.80. The monoisotopic (exact) mass is 518 g/mol. The fourth-order valence-corrected chi connectivity index (χ4v) is 5.13. The van der Waals surface area contributed by atoms with Crippen molar-refractivity contribution >= 4 is 38.9 Å². The average Bonchev–Trinajstić information content (AvgIpc) is 2.70. The van der Waals surface area contributed by atoms with Crippen molar-refractivity contribution in [3.05, 3.63) is 51.9 Å². The van der Waals surface area contributed by atoms with E-state index in [1.54, 1.807) is 0 Å².